The Labute approximate surface area is 157 Å². The van der Waals surface area contributed by atoms with Gasteiger partial charge in [-0.15, -0.1) is 0 Å². The van der Waals surface area contributed by atoms with Crippen LogP contribution in [0.25, 0.3) is 0 Å². The molecule has 0 radical (unpaired) electrons. The topological polar surface area (TPSA) is 64.1 Å². The van der Waals surface area contributed by atoms with Crippen LogP contribution in [-0.2, 0) is 27.4 Å². The maximum atomic E-state index is 5.67. The molecular weight excluding hydrogens is 330 g/mol. The minimum atomic E-state index is 0.303. The lowest BCUT2D eigenvalue weighted by Gasteiger charge is -2.13. The summed E-state index contributed by atoms with van der Waals surface area (Å²) in [5, 5.41) is 6.65. The van der Waals surface area contributed by atoms with Crippen molar-refractivity contribution in [1.82, 2.24) is 10.6 Å². The molecule has 0 aliphatic carbocycles. The van der Waals surface area contributed by atoms with Crippen LogP contribution in [0.2, 0.25) is 0 Å². The summed E-state index contributed by atoms with van der Waals surface area (Å²) in [7, 11) is 1.79. The summed E-state index contributed by atoms with van der Waals surface area (Å²) in [6.45, 7) is 7.33. The van der Waals surface area contributed by atoms with Crippen molar-refractivity contribution in [1.29, 1.82) is 0 Å². The van der Waals surface area contributed by atoms with Crippen molar-refractivity contribution < 1.29 is 14.2 Å². The molecule has 146 valence electrons. The Balaban J connectivity index is 1.55. The van der Waals surface area contributed by atoms with E-state index in [1.54, 1.807) is 7.05 Å². The van der Waals surface area contributed by atoms with Crippen LogP contribution < -0.4 is 10.6 Å². The molecule has 0 spiro atoms. The molecule has 1 unspecified atom stereocenters. The fraction of sp³-hybridized carbons (Fsp3) is 0.650. The van der Waals surface area contributed by atoms with E-state index in [0.29, 0.717) is 19.3 Å². The summed E-state index contributed by atoms with van der Waals surface area (Å²) in [5.41, 5.74) is 2.41. The number of nitrogens with one attached hydrogen (secondary N) is 2. The molecular formula is C20H33N3O3. The van der Waals surface area contributed by atoms with E-state index in [1.165, 1.54) is 11.1 Å². The molecule has 0 aromatic heterocycles. The second-order valence-corrected chi connectivity index (χ2v) is 6.37. The van der Waals surface area contributed by atoms with Crippen LogP contribution in [0, 0.1) is 0 Å². The Morgan fingerprint density at radius 2 is 2.00 bits per heavy atom. The van der Waals surface area contributed by atoms with Crippen molar-refractivity contribution in [2.24, 2.45) is 4.99 Å². The molecule has 2 rings (SSSR count). The molecule has 6 heteroatoms. The van der Waals surface area contributed by atoms with E-state index < -0.39 is 0 Å². The Morgan fingerprint density at radius 3 is 2.69 bits per heavy atom. The summed E-state index contributed by atoms with van der Waals surface area (Å²) in [6, 6.07) is 8.45. The van der Waals surface area contributed by atoms with Gasteiger partial charge in [0.1, 0.15) is 0 Å². The van der Waals surface area contributed by atoms with Crippen molar-refractivity contribution in [3.05, 3.63) is 35.4 Å². The van der Waals surface area contributed by atoms with Gasteiger partial charge in [0.05, 0.1) is 19.3 Å². The van der Waals surface area contributed by atoms with Crippen molar-refractivity contribution >= 4 is 5.96 Å². The van der Waals surface area contributed by atoms with Crippen LogP contribution in [0.15, 0.2) is 29.3 Å². The van der Waals surface area contributed by atoms with E-state index in [0.717, 1.165) is 58.1 Å². The number of guanidine groups is 1. The molecule has 6 nitrogen and oxygen atoms in total. The van der Waals surface area contributed by atoms with Crippen molar-refractivity contribution in [2.45, 2.75) is 45.4 Å². The lowest BCUT2D eigenvalue weighted by molar-refractivity contribution is 0.0168. The standard InChI is InChI=1S/C20H33N3O3/c1-3-24-15-18-9-7-17(8-10-18)14-23-20(21-2)22-11-5-12-25-16-19-6-4-13-26-19/h7-10,19H,3-6,11-16H2,1-2H3,(H2,21,22,23). The van der Waals surface area contributed by atoms with Gasteiger partial charge < -0.3 is 24.8 Å². The number of nitrogens with zero attached hydrogens (tertiary/aromatic N) is 1. The molecule has 1 fully saturated rings. The number of benzene rings is 1. The van der Waals surface area contributed by atoms with Crippen LogP contribution >= 0.6 is 0 Å². The highest BCUT2D eigenvalue weighted by Gasteiger charge is 2.14. The monoisotopic (exact) mass is 363 g/mol. The van der Waals surface area contributed by atoms with Crippen molar-refractivity contribution in [2.75, 3.05) is 40.0 Å². The van der Waals surface area contributed by atoms with Gasteiger partial charge >= 0.3 is 0 Å². The van der Waals surface area contributed by atoms with Crippen LogP contribution in [0.4, 0.5) is 0 Å². The average Bonchev–Trinajstić information content (AvgIpc) is 3.19. The average molecular weight is 364 g/mol. The summed E-state index contributed by atoms with van der Waals surface area (Å²) in [6.07, 6.45) is 3.53. The van der Waals surface area contributed by atoms with Gasteiger partial charge in [0.25, 0.3) is 0 Å². The third kappa shape index (κ3) is 8.17. The zero-order chi connectivity index (χ0) is 18.5. The largest absolute Gasteiger partial charge is 0.379 e. The normalized spacial score (nSPS) is 17.5. The van der Waals surface area contributed by atoms with Crippen LogP contribution in [-0.4, -0.2) is 52.1 Å². The Hall–Kier alpha value is -1.63. The third-order valence-corrected chi connectivity index (χ3v) is 4.27. The molecule has 26 heavy (non-hydrogen) atoms. The quantitative estimate of drug-likeness (QED) is 0.359. The number of ether oxygens (including phenoxy) is 3. The van der Waals surface area contributed by atoms with Crippen molar-refractivity contribution in [3.8, 4) is 0 Å². The smallest absolute Gasteiger partial charge is 0.191 e. The minimum absolute atomic E-state index is 0.303. The first-order chi connectivity index (χ1) is 12.8. The summed E-state index contributed by atoms with van der Waals surface area (Å²) < 4.78 is 16.6. The molecule has 0 amide bonds. The SMILES string of the molecule is CCOCc1ccc(CNC(=NC)NCCCOCC2CCCO2)cc1. The summed E-state index contributed by atoms with van der Waals surface area (Å²) in [5.74, 6) is 0.808. The summed E-state index contributed by atoms with van der Waals surface area (Å²) in [4.78, 5) is 4.26. The molecule has 0 bridgehead atoms. The number of hydrogen-bond acceptors (Lipinski definition) is 4. The fourth-order valence-corrected chi connectivity index (χ4v) is 2.75. The van der Waals surface area contributed by atoms with Gasteiger partial charge in [-0.25, -0.2) is 0 Å². The molecule has 1 aliphatic rings. The minimum Gasteiger partial charge on any atom is -0.379 e. The van der Waals surface area contributed by atoms with Gasteiger partial charge in [0.15, 0.2) is 5.96 Å². The lowest BCUT2D eigenvalue weighted by atomic mass is 10.1. The second-order valence-electron chi connectivity index (χ2n) is 6.37. The molecule has 2 N–H and O–H groups in total. The fourth-order valence-electron chi connectivity index (χ4n) is 2.75. The zero-order valence-electron chi connectivity index (χ0n) is 16.1. The van der Waals surface area contributed by atoms with E-state index >= 15 is 0 Å². The number of rotatable bonds is 11. The molecule has 1 aromatic carbocycles. The third-order valence-electron chi connectivity index (χ3n) is 4.27. The lowest BCUT2D eigenvalue weighted by Crippen LogP contribution is -2.37. The first kappa shape index (κ1) is 20.7. The van der Waals surface area contributed by atoms with Crippen LogP contribution in [0.3, 0.4) is 0 Å². The van der Waals surface area contributed by atoms with E-state index in [-0.39, 0.29) is 0 Å². The highest BCUT2D eigenvalue weighted by molar-refractivity contribution is 5.79. The summed E-state index contributed by atoms with van der Waals surface area (Å²) >= 11 is 0. The Bertz CT molecular complexity index is 514. The zero-order valence-corrected chi connectivity index (χ0v) is 16.1. The van der Waals surface area contributed by atoms with Crippen LogP contribution in [0.1, 0.15) is 37.3 Å². The van der Waals surface area contributed by atoms with Gasteiger partial charge in [0.2, 0.25) is 0 Å². The van der Waals surface area contributed by atoms with Crippen LogP contribution in [0.5, 0.6) is 0 Å². The van der Waals surface area contributed by atoms with Gasteiger partial charge in [0, 0.05) is 40.0 Å². The maximum Gasteiger partial charge on any atom is 0.191 e. The Morgan fingerprint density at radius 1 is 1.19 bits per heavy atom. The van der Waals surface area contributed by atoms with Gasteiger partial charge in [-0.1, -0.05) is 24.3 Å². The Kier molecular flexibility index (Phi) is 10.1. The molecule has 0 saturated carbocycles. The predicted molar refractivity (Wildman–Crippen MR) is 104 cm³/mol. The van der Waals surface area contributed by atoms with E-state index in [4.69, 9.17) is 14.2 Å². The van der Waals surface area contributed by atoms with E-state index in [9.17, 15) is 0 Å². The maximum absolute atomic E-state index is 5.67. The second kappa shape index (κ2) is 12.7. The highest BCUT2D eigenvalue weighted by atomic mass is 16.5. The molecule has 1 aliphatic heterocycles. The van der Waals surface area contributed by atoms with E-state index in [2.05, 4.69) is 39.9 Å². The predicted octanol–water partition coefficient (Wildman–Crippen LogP) is 2.47. The molecule has 1 saturated heterocycles. The molecule has 1 atom stereocenters. The molecule has 1 aromatic rings. The first-order valence-corrected chi connectivity index (χ1v) is 9.61. The van der Waals surface area contributed by atoms with Gasteiger partial charge in [-0.3, -0.25) is 4.99 Å². The number of aliphatic imine (C=N–C) groups is 1. The first-order valence-electron chi connectivity index (χ1n) is 9.61. The van der Waals surface area contributed by atoms with E-state index in [1.807, 2.05) is 6.92 Å². The van der Waals surface area contributed by atoms with Gasteiger partial charge in [-0.2, -0.15) is 0 Å². The number of hydrogen-bond donors (Lipinski definition) is 2. The van der Waals surface area contributed by atoms with Gasteiger partial charge in [-0.05, 0) is 37.3 Å². The van der Waals surface area contributed by atoms with Crippen molar-refractivity contribution in [3.63, 3.8) is 0 Å². The highest BCUT2D eigenvalue weighted by Crippen LogP contribution is 2.11. The molecule has 1 heterocycles.